The van der Waals surface area contributed by atoms with Crippen molar-refractivity contribution >= 4 is 27.3 Å². The largest absolute Gasteiger partial charge is 0.343 e. The summed E-state index contributed by atoms with van der Waals surface area (Å²) in [5, 5.41) is 14.2. The van der Waals surface area contributed by atoms with Gasteiger partial charge in [-0.05, 0) is 18.6 Å². The molecular weight excluding hydrogens is 324 g/mol. The summed E-state index contributed by atoms with van der Waals surface area (Å²) in [7, 11) is -3.97. The number of nitrogens with one attached hydrogen (secondary N) is 1. The molecule has 11 heteroatoms. The van der Waals surface area contributed by atoms with Gasteiger partial charge in [-0.2, -0.15) is 4.98 Å². The van der Waals surface area contributed by atoms with Gasteiger partial charge in [0.25, 0.3) is 5.69 Å². The van der Waals surface area contributed by atoms with E-state index in [2.05, 4.69) is 19.4 Å². The topological polar surface area (TPSA) is 128 Å². The van der Waals surface area contributed by atoms with Gasteiger partial charge < -0.3 is 4.52 Å². The molecule has 0 fully saturated rings. The average molecular weight is 333 g/mol. The van der Waals surface area contributed by atoms with E-state index in [1.807, 2.05) is 0 Å². The summed E-state index contributed by atoms with van der Waals surface area (Å²) < 4.78 is 31.0. The number of benzene rings is 1. The number of nitro groups is 1. The molecule has 1 heterocycles. The predicted molar refractivity (Wildman–Crippen MR) is 71.2 cm³/mol. The van der Waals surface area contributed by atoms with Crippen LogP contribution >= 0.6 is 11.6 Å². The highest BCUT2D eigenvalue weighted by Gasteiger charge is 2.23. The molecule has 0 bridgehead atoms. The molecule has 1 N–H and O–H groups in total. The van der Waals surface area contributed by atoms with Gasteiger partial charge >= 0.3 is 0 Å². The molecule has 0 aliphatic carbocycles. The van der Waals surface area contributed by atoms with Crippen LogP contribution in [0.15, 0.2) is 27.9 Å². The molecule has 2 aromatic rings. The minimum atomic E-state index is -3.97. The molecule has 1 aromatic carbocycles. The fourth-order valence-corrected chi connectivity index (χ4v) is 3.09. The molecule has 2 rings (SSSR count). The van der Waals surface area contributed by atoms with Gasteiger partial charge in [-0.15, -0.1) is 0 Å². The molecule has 0 atom stereocenters. The number of rotatable bonds is 5. The van der Waals surface area contributed by atoms with E-state index in [4.69, 9.17) is 11.6 Å². The Morgan fingerprint density at radius 2 is 2.19 bits per heavy atom. The Bertz CT molecular complexity index is 775. The molecule has 21 heavy (non-hydrogen) atoms. The maximum absolute atomic E-state index is 12.2. The van der Waals surface area contributed by atoms with Crippen LogP contribution in [0.1, 0.15) is 11.4 Å². The summed E-state index contributed by atoms with van der Waals surface area (Å²) in [5.74, 6) is 0.139. The van der Waals surface area contributed by atoms with Crippen LogP contribution in [0.25, 0.3) is 0 Å². The fourth-order valence-electron chi connectivity index (χ4n) is 1.58. The zero-order valence-electron chi connectivity index (χ0n) is 10.6. The SMILES string of the molecule is Cc1cc(Cl)c([N+](=O)[O-])cc1S(=O)(=O)NCc1ncon1. The van der Waals surface area contributed by atoms with E-state index in [1.165, 1.54) is 13.0 Å². The molecule has 0 unspecified atom stereocenters. The predicted octanol–water partition coefficient (Wildman–Crippen LogP) is 1.42. The lowest BCUT2D eigenvalue weighted by Gasteiger charge is -2.08. The second-order valence-electron chi connectivity index (χ2n) is 4.00. The second kappa shape index (κ2) is 5.76. The molecule has 1 aromatic heterocycles. The Balaban J connectivity index is 2.35. The Kier molecular flexibility index (Phi) is 4.21. The zero-order chi connectivity index (χ0) is 15.6. The third-order valence-corrected chi connectivity index (χ3v) is 4.40. The molecule has 112 valence electrons. The number of hydrogen-bond donors (Lipinski definition) is 1. The van der Waals surface area contributed by atoms with E-state index in [1.54, 1.807) is 0 Å². The van der Waals surface area contributed by atoms with Crippen molar-refractivity contribution in [2.24, 2.45) is 0 Å². The van der Waals surface area contributed by atoms with Crippen LogP contribution in [0.2, 0.25) is 5.02 Å². The number of sulfonamides is 1. The van der Waals surface area contributed by atoms with E-state index in [-0.39, 0.29) is 27.9 Å². The molecule has 0 saturated carbocycles. The summed E-state index contributed by atoms with van der Waals surface area (Å²) in [6.45, 7) is 1.28. The number of halogens is 1. The van der Waals surface area contributed by atoms with Gasteiger partial charge in [-0.1, -0.05) is 16.8 Å². The smallest absolute Gasteiger partial charge is 0.289 e. The molecule has 9 nitrogen and oxygen atoms in total. The summed E-state index contributed by atoms with van der Waals surface area (Å²) in [5.41, 5.74) is -0.201. The van der Waals surface area contributed by atoms with Crippen LogP contribution in [0, 0.1) is 17.0 Å². The van der Waals surface area contributed by atoms with Crippen molar-refractivity contribution in [1.29, 1.82) is 0 Å². The van der Waals surface area contributed by atoms with E-state index in [0.29, 0.717) is 0 Å². The summed E-state index contributed by atoms with van der Waals surface area (Å²) in [6.07, 6.45) is 1.06. The summed E-state index contributed by atoms with van der Waals surface area (Å²) >= 11 is 5.72. The lowest BCUT2D eigenvalue weighted by atomic mass is 10.2. The first kappa shape index (κ1) is 15.4. The molecule has 0 aliphatic rings. The van der Waals surface area contributed by atoms with Crippen molar-refractivity contribution in [3.05, 3.63) is 45.1 Å². The Hall–Kier alpha value is -2.04. The maximum Gasteiger partial charge on any atom is 0.289 e. The van der Waals surface area contributed by atoms with Crippen molar-refractivity contribution in [1.82, 2.24) is 14.9 Å². The standard InChI is InChI=1S/C10H9ClN4O5S/c1-6-2-7(11)8(15(16)17)3-9(6)21(18,19)13-4-10-12-5-20-14-10/h2-3,5,13H,4H2,1H3. The van der Waals surface area contributed by atoms with Crippen molar-refractivity contribution in [2.75, 3.05) is 0 Å². The van der Waals surface area contributed by atoms with Crippen molar-refractivity contribution in [2.45, 2.75) is 18.4 Å². The van der Waals surface area contributed by atoms with Crippen LogP contribution in [-0.4, -0.2) is 23.5 Å². The number of aryl methyl sites for hydroxylation is 1. The molecule has 0 saturated heterocycles. The van der Waals surface area contributed by atoms with Gasteiger partial charge in [0.05, 0.1) is 16.4 Å². The molecular formula is C10H9ClN4O5S. The van der Waals surface area contributed by atoms with Gasteiger partial charge in [0, 0.05) is 6.07 Å². The first-order chi connectivity index (χ1) is 9.81. The second-order valence-corrected chi connectivity index (χ2v) is 6.14. The van der Waals surface area contributed by atoms with E-state index in [0.717, 1.165) is 12.5 Å². The average Bonchev–Trinajstić information content (AvgIpc) is 2.88. The minimum absolute atomic E-state index is 0.130. The molecule has 0 radical (unpaired) electrons. The number of nitro benzene ring substituents is 1. The fraction of sp³-hybridized carbons (Fsp3) is 0.200. The quantitative estimate of drug-likeness (QED) is 0.647. The first-order valence-electron chi connectivity index (χ1n) is 5.50. The van der Waals surface area contributed by atoms with Gasteiger partial charge in [0.1, 0.15) is 5.02 Å². The Morgan fingerprint density at radius 1 is 1.48 bits per heavy atom. The summed E-state index contributed by atoms with van der Waals surface area (Å²) in [4.78, 5) is 13.5. The molecule has 0 spiro atoms. The Labute approximate surface area is 124 Å². The Morgan fingerprint density at radius 3 is 2.76 bits per heavy atom. The van der Waals surface area contributed by atoms with Gasteiger partial charge in [0.2, 0.25) is 16.4 Å². The van der Waals surface area contributed by atoms with Crippen LogP contribution in [-0.2, 0) is 16.6 Å². The van der Waals surface area contributed by atoms with Gasteiger partial charge in [-0.25, -0.2) is 13.1 Å². The lowest BCUT2D eigenvalue weighted by Crippen LogP contribution is -2.24. The highest BCUT2D eigenvalue weighted by Crippen LogP contribution is 2.30. The molecule has 0 aliphatic heterocycles. The minimum Gasteiger partial charge on any atom is -0.343 e. The third kappa shape index (κ3) is 3.35. The van der Waals surface area contributed by atoms with Crippen LogP contribution in [0.4, 0.5) is 5.69 Å². The van der Waals surface area contributed by atoms with Crippen LogP contribution in [0.5, 0.6) is 0 Å². The number of hydrogen-bond acceptors (Lipinski definition) is 7. The van der Waals surface area contributed by atoms with E-state index >= 15 is 0 Å². The van der Waals surface area contributed by atoms with Crippen LogP contribution < -0.4 is 4.72 Å². The van der Waals surface area contributed by atoms with Gasteiger partial charge in [-0.3, -0.25) is 10.1 Å². The van der Waals surface area contributed by atoms with Crippen molar-refractivity contribution in [3.63, 3.8) is 0 Å². The highest BCUT2D eigenvalue weighted by atomic mass is 35.5. The maximum atomic E-state index is 12.2. The lowest BCUT2D eigenvalue weighted by molar-refractivity contribution is -0.384. The normalized spacial score (nSPS) is 11.5. The third-order valence-electron chi connectivity index (χ3n) is 2.56. The number of nitrogens with zero attached hydrogens (tertiary/aromatic N) is 3. The van der Waals surface area contributed by atoms with Crippen LogP contribution in [0.3, 0.4) is 0 Å². The highest BCUT2D eigenvalue weighted by molar-refractivity contribution is 7.89. The molecule has 0 amide bonds. The number of aromatic nitrogens is 2. The summed E-state index contributed by atoms with van der Waals surface area (Å²) in [6, 6.07) is 2.14. The van der Waals surface area contributed by atoms with Gasteiger partial charge in [0.15, 0.2) is 5.82 Å². The monoisotopic (exact) mass is 332 g/mol. The first-order valence-corrected chi connectivity index (χ1v) is 7.37. The van der Waals surface area contributed by atoms with Crippen molar-refractivity contribution in [3.8, 4) is 0 Å². The zero-order valence-corrected chi connectivity index (χ0v) is 12.2. The van der Waals surface area contributed by atoms with E-state index < -0.39 is 20.6 Å². The van der Waals surface area contributed by atoms with Crippen molar-refractivity contribution < 1.29 is 17.9 Å². The van der Waals surface area contributed by atoms with E-state index in [9.17, 15) is 18.5 Å².